The number of carbonyl (C=O) groups is 6. The second kappa shape index (κ2) is 24.1. The predicted octanol–water partition coefficient (Wildman–Crippen LogP) is -0.133. The second-order valence-electron chi connectivity index (χ2n) is 13.1. The van der Waals surface area contributed by atoms with Gasteiger partial charge in [-0.25, -0.2) is 4.79 Å². The van der Waals surface area contributed by atoms with Crippen molar-refractivity contribution in [3.8, 4) is 5.75 Å². The van der Waals surface area contributed by atoms with Gasteiger partial charge in [-0.15, -0.1) is 6.58 Å². The van der Waals surface area contributed by atoms with Gasteiger partial charge in [-0.2, -0.15) is 0 Å². The molecule has 0 aliphatic carbocycles. The van der Waals surface area contributed by atoms with E-state index in [4.69, 9.17) is 17.2 Å². The number of nitrogens with two attached hydrogens (primary N) is 3. The lowest BCUT2D eigenvalue weighted by atomic mass is 10.0. The lowest BCUT2D eigenvalue weighted by Crippen LogP contribution is -2.59. The molecule has 2 rings (SSSR count). The van der Waals surface area contributed by atoms with E-state index < -0.39 is 71.8 Å². The average Bonchev–Trinajstić information content (AvgIpc) is 3.14. The number of phenolic OH excluding ortho intramolecular Hbond substituents is 1. The largest absolute Gasteiger partial charge is 0.508 e. The molecule has 0 unspecified atom stereocenters. The number of hydrogen-bond donors (Lipinski definition) is 10. The van der Waals surface area contributed by atoms with Crippen molar-refractivity contribution >= 4 is 35.5 Å². The molecule has 54 heavy (non-hydrogen) atoms. The summed E-state index contributed by atoms with van der Waals surface area (Å²) in [6, 6.07) is 7.77. The van der Waals surface area contributed by atoms with E-state index in [1.54, 1.807) is 42.5 Å². The predicted molar refractivity (Wildman–Crippen MR) is 204 cm³/mol. The summed E-state index contributed by atoms with van der Waals surface area (Å²) in [7, 11) is 0. The summed E-state index contributed by atoms with van der Waals surface area (Å²) < 4.78 is 0. The Morgan fingerprint density at radius 3 is 1.56 bits per heavy atom. The van der Waals surface area contributed by atoms with Gasteiger partial charge < -0.3 is 54.0 Å². The highest BCUT2D eigenvalue weighted by Crippen LogP contribution is 2.13. The topological polar surface area (TPSA) is 281 Å². The Kier molecular flexibility index (Phi) is 20.0. The zero-order chi connectivity index (χ0) is 40.0. The van der Waals surface area contributed by atoms with Gasteiger partial charge in [0.25, 0.3) is 0 Å². The Hall–Kier alpha value is -5.32. The van der Waals surface area contributed by atoms with Gasteiger partial charge in [-0.1, -0.05) is 48.5 Å². The Labute approximate surface area is 316 Å². The van der Waals surface area contributed by atoms with E-state index in [2.05, 4.69) is 33.2 Å². The minimum absolute atomic E-state index is 0.0161. The van der Waals surface area contributed by atoms with E-state index in [9.17, 15) is 39.0 Å². The summed E-state index contributed by atoms with van der Waals surface area (Å²) >= 11 is 0. The van der Waals surface area contributed by atoms with Crippen LogP contribution in [0, 0.1) is 0 Å². The standard InChI is InChI=1S/C38H56N8O8/c1-3-11-28(43-36(51)30(15-8-10-21-40)44-35(50)29(14-7-9-20-39)42-33(48)24(2)41)34(49)45-31(22-26-16-18-27(47)19-17-26)37(52)46-32(38(53)54)23-25-12-5-4-6-13-25/h3-6,12-13,16-19,24,28-32,47H,1,7-11,14-15,20-23,39-41H2,2H3,(H,42,48)(H,43,51)(H,44,50)(H,45,49)(H,46,52)(H,53,54)/t24-,28-,29-,30-,31-,32-/m0/s1. The lowest BCUT2D eigenvalue weighted by Gasteiger charge is -2.27. The molecule has 0 heterocycles. The first kappa shape index (κ1) is 44.8. The molecule has 5 amide bonds. The number of carboxylic acid groups (broad SMARTS) is 1. The molecule has 0 aromatic heterocycles. The summed E-state index contributed by atoms with van der Waals surface area (Å²) in [5.74, 6) is -4.71. The number of carboxylic acids is 1. The van der Waals surface area contributed by atoms with E-state index in [1.165, 1.54) is 25.1 Å². The van der Waals surface area contributed by atoms with Crippen molar-refractivity contribution in [2.24, 2.45) is 17.2 Å². The summed E-state index contributed by atoms with van der Waals surface area (Å²) in [4.78, 5) is 79.2. The number of amides is 5. The fraction of sp³-hybridized carbons (Fsp3) is 0.474. The van der Waals surface area contributed by atoms with Gasteiger partial charge in [-0.3, -0.25) is 24.0 Å². The number of carbonyl (C=O) groups excluding carboxylic acids is 5. The van der Waals surface area contributed by atoms with E-state index in [-0.39, 0.29) is 37.9 Å². The zero-order valence-corrected chi connectivity index (χ0v) is 30.8. The third-order valence-corrected chi connectivity index (χ3v) is 8.52. The molecule has 2 aromatic carbocycles. The summed E-state index contributed by atoms with van der Waals surface area (Å²) in [5.41, 5.74) is 18.2. The maximum atomic E-state index is 13.8. The highest BCUT2D eigenvalue weighted by atomic mass is 16.4. The highest BCUT2D eigenvalue weighted by molar-refractivity contribution is 5.96. The molecule has 13 N–H and O–H groups in total. The van der Waals surface area contributed by atoms with Crippen LogP contribution in [0.4, 0.5) is 0 Å². The molecular weight excluding hydrogens is 696 g/mol. The molecule has 16 nitrogen and oxygen atoms in total. The molecule has 6 atom stereocenters. The van der Waals surface area contributed by atoms with E-state index >= 15 is 0 Å². The van der Waals surface area contributed by atoms with Gasteiger partial charge in [0, 0.05) is 12.8 Å². The Morgan fingerprint density at radius 2 is 1.06 bits per heavy atom. The van der Waals surface area contributed by atoms with Crippen LogP contribution in [0.1, 0.15) is 63.0 Å². The minimum atomic E-state index is -1.32. The van der Waals surface area contributed by atoms with Crippen molar-refractivity contribution in [2.75, 3.05) is 13.1 Å². The van der Waals surface area contributed by atoms with Crippen LogP contribution in [-0.2, 0) is 41.6 Å². The van der Waals surface area contributed by atoms with Crippen LogP contribution >= 0.6 is 0 Å². The third-order valence-electron chi connectivity index (χ3n) is 8.52. The third kappa shape index (κ3) is 16.1. The molecule has 0 fully saturated rings. The smallest absolute Gasteiger partial charge is 0.326 e. The van der Waals surface area contributed by atoms with Gasteiger partial charge in [0.2, 0.25) is 29.5 Å². The molecule has 0 bridgehead atoms. The van der Waals surface area contributed by atoms with E-state index in [0.717, 1.165) is 0 Å². The SMILES string of the molecule is C=CC[C@H](NC(=O)[C@H](CCCCN)NC(=O)[C@H](CCCCN)NC(=O)[C@H](C)N)C(=O)N[C@@H](Cc1ccc(O)cc1)C(=O)N[C@@H](Cc1ccccc1)C(=O)O. The van der Waals surface area contributed by atoms with Crippen LogP contribution in [0.2, 0.25) is 0 Å². The van der Waals surface area contributed by atoms with E-state index in [1.807, 2.05) is 0 Å². The quantitative estimate of drug-likeness (QED) is 0.0471. The van der Waals surface area contributed by atoms with Crippen LogP contribution in [0.3, 0.4) is 0 Å². The van der Waals surface area contributed by atoms with Crippen molar-refractivity contribution in [1.29, 1.82) is 0 Å². The molecule has 0 spiro atoms. The van der Waals surface area contributed by atoms with Crippen LogP contribution in [-0.4, -0.2) is 95.1 Å². The molecule has 0 radical (unpaired) electrons. The maximum absolute atomic E-state index is 13.8. The van der Waals surface area contributed by atoms with Gasteiger partial charge in [0.1, 0.15) is 36.0 Å². The molecule has 2 aromatic rings. The zero-order valence-electron chi connectivity index (χ0n) is 30.8. The Morgan fingerprint density at radius 1 is 0.630 bits per heavy atom. The fourth-order valence-corrected chi connectivity index (χ4v) is 5.44. The molecule has 16 heteroatoms. The fourth-order valence-electron chi connectivity index (χ4n) is 5.44. The number of benzene rings is 2. The molecular formula is C38H56N8O8. The van der Waals surface area contributed by atoms with Crippen molar-refractivity contribution < 1.29 is 39.0 Å². The van der Waals surface area contributed by atoms with Gasteiger partial charge in [0.15, 0.2) is 0 Å². The molecule has 0 saturated heterocycles. The maximum Gasteiger partial charge on any atom is 0.326 e. The van der Waals surface area contributed by atoms with Gasteiger partial charge in [0.05, 0.1) is 6.04 Å². The molecule has 0 saturated carbocycles. The number of nitrogens with one attached hydrogen (secondary N) is 5. The molecule has 0 aliphatic heterocycles. The van der Waals surface area contributed by atoms with Gasteiger partial charge in [-0.05, 0) is 88.2 Å². The second-order valence-corrected chi connectivity index (χ2v) is 13.1. The lowest BCUT2D eigenvalue weighted by molar-refractivity contribution is -0.142. The van der Waals surface area contributed by atoms with Crippen molar-refractivity contribution in [3.63, 3.8) is 0 Å². The van der Waals surface area contributed by atoms with Crippen molar-refractivity contribution in [2.45, 2.75) is 101 Å². The van der Waals surface area contributed by atoms with Crippen molar-refractivity contribution in [1.82, 2.24) is 26.6 Å². The van der Waals surface area contributed by atoms with Gasteiger partial charge >= 0.3 is 5.97 Å². The van der Waals surface area contributed by atoms with Crippen molar-refractivity contribution in [3.05, 3.63) is 78.4 Å². The first-order valence-electron chi connectivity index (χ1n) is 18.1. The van der Waals surface area contributed by atoms with E-state index in [0.29, 0.717) is 49.9 Å². The van der Waals surface area contributed by atoms with Crippen LogP contribution in [0.25, 0.3) is 0 Å². The first-order chi connectivity index (χ1) is 25.8. The molecule has 0 aliphatic rings. The highest BCUT2D eigenvalue weighted by Gasteiger charge is 2.32. The summed E-state index contributed by atoms with van der Waals surface area (Å²) in [6.45, 7) is 5.90. The average molecular weight is 753 g/mol. The summed E-state index contributed by atoms with van der Waals surface area (Å²) in [6.07, 6.45) is 3.79. The minimum Gasteiger partial charge on any atom is -0.508 e. The number of unbranched alkanes of at least 4 members (excludes halogenated alkanes) is 2. The Bertz CT molecular complexity index is 1520. The summed E-state index contributed by atoms with van der Waals surface area (Å²) in [5, 5.41) is 32.8. The normalized spacial score (nSPS) is 14.2. The monoisotopic (exact) mass is 752 g/mol. The number of aromatic hydroxyl groups is 1. The number of hydrogen-bond acceptors (Lipinski definition) is 10. The number of aliphatic carboxylic acids is 1. The van der Waals surface area contributed by atoms with Crippen LogP contribution < -0.4 is 43.8 Å². The number of rotatable bonds is 25. The number of phenols is 1. The van der Waals surface area contributed by atoms with Crippen LogP contribution in [0.15, 0.2) is 67.3 Å². The molecule has 296 valence electrons. The first-order valence-corrected chi connectivity index (χ1v) is 18.1. The Balaban J connectivity index is 2.32. The van der Waals surface area contributed by atoms with Crippen LogP contribution in [0.5, 0.6) is 5.75 Å².